The molecule has 1 heterocycles. The number of aryl methyl sites for hydroxylation is 2. The van der Waals surface area contributed by atoms with E-state index in [4.69, 9.17) is 0 Å². The number of halogens is 1. The van der Waals surface area contributed by atoms with E-state index in [0.29, 0.717) is 6.54 Å². The van der Waals surface area contributed by atoms with Crippen LogP contribution in [0.2, 0.25) is 0 Å². The average Bonchev–Trinajstić information content (AvgIpc) is 2.86. The third-order valence-corrected chi connectivity index (χ3v) is 2.75. The van der Waals surface area contributed by atoms with Crippen LogP contribution in [0.15, 0.2) is 24.5 Å². The quantitative estimate of drug-likeness (QED) is 0.768. The lowest BCUT2D eigenvalue weighted by molar-refractivity contribution is 0.579. The van der Waals surface area contributed by atoms with Gasteiger partial charge in [0.2, 0.25) is 0 Å². The van der Waals surface area contributed by atoms with E-state index in [1.807, 2.05) is 13.0 Å². The zero-order valence-corrected chi connectivity index (χ0v) is 10.4. The molecule has 0 radical (unpaired) electrons. The summed E-state index contributed by atoms with van der Waals surface area (Å²) in [6.07, 6.45) is 3.30. The zero-order chi connectivity index (χ0) is 12.8. The lowest BCUT2D eigenvalue weighted by Gasteiger charge is -2.06. The molecule has 0 saturated carbocycles. The van der Waals surface area contributed by atoms with Crippen molar-refractivity contribution in [2.24, 2.45) is 0 Å². The zero-order valence-electron chi connectivity index (χ0n) is 10.4. The van der Waals surface area contributed by atoms with E-state index in [9.17, 15) is 4.39 Å². The molecule has 2 aromatic rings. The van der Waals surface area contributed by atoms with Crippen LogP contribution in [0.4, 0.5) is 4.39 Å². The number of rotatable bonds is 6. The van der Waals surface area contributed by atoms with Crippen LogP contribution in [0, 0.1) is 12.7 Å². The Labute approximate surface area is 106 Å². The molecule has 2 N–H and O–H groups in total. The van der Waals surface area contributed by atoms with Gasteiger partial charge < -0.3 is 5.32 Å². The van der Waals surface area contributed by atoms with E-state index in [0.717, 1.165) is 36.3 Å². The molecule has 5 heteroatoms. The maximum absolute atomic E-state index is 13.4. The SMILES string of the molecule is Cc1ccc(F)c(CNCCCc2ncn[nH]2)c1. The lowest BCUT2D eigenvalue weighted by atomic mass is 10.1. The molecule has 1 aromatic carbocycles. The summed E-state index contributed by atoms with van der Waals surface area (Å²) < 4.78 is 13.4. The van der Waals surface area contributed by atoms with Crippen molar-refractivity contribution >= 4 is 0 Å². The molecule has 0 aliphatic heterocycles. The van der Waals surface area contributed by atoms with Gasteiger partial charge in [-0.1, -0.05) is 17.7 Å². The van der Waals surface area contributed by atoms with E-state index >= 15 is 0 Å². The molecular formula is C13H17FN4. The standard InChI is InChI=1S/C13H17FN4/c1-10-4-5-12(14)11(7-10)8-15-6-2-3-13-16-9-17-18-13/h4-5,7,9,15H,2-3,6,8H2,1H3,(H,16,17,18). The van der Waals surface area contributed by atoms with Crippen molar-refractivity contribution in [1.82, 2.24) is 20.5 Å². The highest BCUT2D eigenvalue weighted by Crippen LogP contribution is 2.09. The van der Waals surface area contributed by atoms with E-state index in [2.05, 4.69) is 20.5 Å². The highest BCUT2D eigenvalue weighted by Gasteiger charge is 2.01. The Morgan fingerprint density at radius 3 is 3.06 bits per heavy atom. The van der Waals surface area contributed by atoms with Crippen LogP contribution in [0.5, 0.6) is 0 Å². The molecule has 0 aliphatic rings. The largest absolute Gasteiger partial charge is 0.313 e. The highest BCUT2D eigenvalue weighted by atomic mass is 19.1. The highest BCUT2D eigenvalue weighted by molar-refractivity contribution is 5.23. The molecule has 2 rings (SSSR count). The number of hydrogen-bond acceptors (Lipinski definition) is 3. The van der Waals surface area contributed by atoms with Crippen molar-refractivity contribution in [3.63, 3.8) is 0 Å². The van der Waals surface area contributed by atoms with Gasteiger partial charge in [-0.05, 0) is 26.0 Å². The third-order valence-electron chi connectivity index (χ3n) is 2.75. The molecular weight excluding hydrogens is 231 g/mol. The van der Waals surface area contributed by atoms with Crippen LogP contribution in [-0.4, -0.2) is 21.7 Å². The molecule has 0 bridgehead atoms. The molecule has 0 atom stereocenters. The minimum atomic E-state index is -0.150. The molecule has 0 fully saturated rings. The van der Waals surface area contributed by atoms with Crippen molar-refractivity contribution in [3.05, 3.63) is 47.3 Å². The molecule has 18 heavy (non-hydrogen) atoms. The van der Waals surface area contributed by atoms with E-state index in [-0.39, 0.29) is 5.82 Å². The molecule has 96 valence electrons. The first-order chi connectivity index (χ1) is 8.75. The van der Waals surface area contributed by atoms with E-state index < -0.39 is 0 Å². The van der Waals surface area contributed by atoms with E-state index in [1.54, 1.807) is 6.07 Å². The Morgan fingerprint density at radius 2 is 2.28 bits per heavy atom. The second-order valence-corrected chi connectivity index (χ2v) is 4.31. The molecule has 0 aliphatic carbocycles. The smallest absolute Gasteiger partial charge is 0.137 e. The number of nitrogens with zero attached hydrogens (tertiary/aromatic N) is 2. The van der Waals surface area contributed by atoms with Crippen LogP contribution < -0.4 is 5.32 Å². The number of hydrogen-bond donors (Lipinski definition) is 2. The summed E-state index contributed by atoms with van der Waals surface area (Å²) >= 11 is 0. The summed E-state index contributed by atoms with van der Waals surface area (Å²) in [6.45, 7) is 3.35. The first kappa shape index (κ1) is 12.7. The Morgan fingerprint density at radius 1 is 1.39 bits per heavy atom. The predicted molar refractivity (Wildman–Crippen MR) is 67.5 cm³/mol. The third kappa shape index (κ3) is 3.63. The molecule has 0 amide bonds. The average molecular weight is 248 g/mol. The molecule has 4 nitrogen and oxygen atoms in total. The first-order valence-corrected chi connectivity index (χ1v) is 6.05. The van der Waals surface area contributed by atoms with Crippen molar-refractivity contribution in [2.75, 3.05) is 6.54 Å². The van der Waals surface area contributed by atoms with Gasteiger partial charge in [0.1, 0.15) is 18.0 Å². The predicted octanol–water partition coefficient (Wildman–Crippen LogP) is 1.97. The number of benzene rings is 1. The second-order valence-electron chi connectivity index (χ2n) is 4.31. The Bertz CT molecular complexity index is 482. The van der Waals surface area contributed by atoms with Crippen LogP contribution in [0.25, 0.3) is 0 Å². The molecule has 0 unspecified atom stereocenters. The summed E-state index contributed by atoms with van der Waals surface area (Å²) in [5.41, 5.74) is 1.80. The van der Waals surface area contributed by atoms with Gasteiger partial charge in [0.05, 0.1) is 0 Å². The Kier molecular flexibility index (Phi) is 4.41. The van der Waals surface area contributed by atoms with Gasteiger partial charge in [0.25, 0.3) is 0 Å². The van der Waals surface area contributed by atoms with Gasteiger partial charge in [-0.15, -0.1) is 0 Å². The van der Waals surface area contributed by atoms with Crippen LogP contribution >= 0.6 is 0 Å². The number of aromatic nitrogens is 3. The normalized spacial score (nSPS) is 10.8. The fourth-order valence-corrected chi connectivity index (χ4v) is 1.79. The topological polar surface area (TPSA) is 53.6 Å². The van der Waals surface area contributed by atoms with Gasteiger partial charge in [-0.3, -0.25) is 5.10 Å². The fourth-order valence-electron chi connectivity index (χ4n) is 1.79. The second kappa shape index (κ2) is 6.26. The minimum absolute atomic E-state index is 0.150. The Balaban J connectivity index is 1.70. The van der Waals surface area contributed by atoms with Gasteiger partial charge in [-0.25, -0.2) is 9.37 Å². The van der Waals surface area contributed by atoms with Crippen molar-refractivity contribution in [1.29, 1.82) is 0 Å². The van der Waals surface area contributed by atoms with Gasteiger partial charge in [-0.2, -0.15) is 5.10 Å². The number of aromatic amines is 1. The number of nitrogens with one attached hydrogen (secondary N) is 2. The molecule has 0 spiro atoms. The monoisotopic (exact) mass is 248 g/mol. The summed E-state index contributed by atoms with van der Waals surface area (Å²) in [7, 11) is 0. The van der Waals surface area contributed by atoms with Gasteiger partial charge >= 0.3 is 0 Å². The van der Waals surface area contributed by atoms with Gasteiger partial charge in [0.15, 0.2) is 0 Å². The summed E-state index contributed by atoms with van der Waals surface area (Å²) in [5.74, 6) is 0.738. The van der Waals surface area contributed by atoms with E-state index in [1.165, 1.54) is 12.4 Å². The fraction of sp³-hybridized carbons (Fsp3) is 0.385. The van der Waals surface area contributed by atoms with Crippen LogP contribution in [0.1, 0.15) is 23.4 Å². The van der Waals surface area contributed by atoms with Gasteiger partial charge in [0, 0.05) is 18.5 Å². The number of H-pyrrole nitrogens is 1. The molecule has 0 saturated heterocycles. The first-order valence-electron chi connectivity index (χ1n) is 6.05. The van der Waals surface area contributed by atoms with Crippen LogP contribution in [-0.2, 0) is 13.0 Å². The van der Waals surface area contributed by atoms with Crippen molar-refractivity contribution in [2.45, 2.75) is 26.3 Å². The maximum atomic E-state index is 13.4. The lowest BCUT2D eigenvalue weighted by Crippen LogP contribution is -2.16. The van der Waals surface area contributed by atoms with Crippen LogP contribution in [0.3, 0.4) is 0 Å². The Hall–Kier alpha value is -1.75. The van der Waals surface area contributed by atoms with Crippen molar-refractivity contribution < 1.29 is 4.39 Å². The summed E-state index contributed by atoms with van der Waals surface area (Å²) in [6, 6.07) is 5.17. The molecule has 1 aromatic heterocycles. The minimum Gasteiger partial charge on any atom is -0.313 e. The summed E-state index contributed by atoms with van der Waals surface area (Å²) in [5, 5.41) is 9.83. The van der Waals surface area contributed by atoms with Crippen molar-refractivity contribution in [3.8, 4) is 0 Å². The summed E-state index contributed by atoms with van der Waals surface area (Å²) in [4.78, 5) is 4.04. The maximum Gasteiger partial charge on any atom is 0.137 e.